The van der Waals surface area contributed by atoms with Gasteiger partial charge in [0.1, 0.15) is 4.88 Å². The van der Waals surface area contributed by atoms with Crippen molar-refractivity contribution in [2.75, 3.05) is 13.1 Å². The number of amides is 1. The molecule has 0 aliphatic carbocycles. The molecule has 1 atom stereocenters. The first-order chi connectivity index (χ1) is 14.0. The van der Waals surface area contributed by atoms with E-state index < -0.39 is 0 Å². The van der Waals surface area contributed by atoms with Gasteiger partial charge in [0, 0.05) is 43.7 Å². The minimum Gasteiger partial charge on any atom is -0.355 e. The number of hydrogen-bond donors (Lipinski definition) is 0. The lowest BCUT2D eigenvalue weighted by Gasteiger charge is -2.32. The fourth-order valence-corrected chi connectivity index (χ4v) is 4.67. The Hall–Kier alpha value is -2.55. The molecule has 3 aromatic rings. The van der Waals surface area contributed by atoms with Crippen molar-refractivity contribution in [3.05, 3.63) is 34.9 Å². The topological polar surface area (TPSA) is 89.9 Å². The average molecular weight is 415 g/mol. The van der Waals surface area contributed by atoms with Crippen LogP contribution < -0.4 is 0 Å². The molecular formula is C20H26N6O2S. The molecule has 0 aromatic carbocycles. The van der Waals surface area contributed by atoms with Crippen LogP contribution in [0.4, 0.5) is 0 Å². The molecule has 1 unspecified atom stereocenters. The maximum Gasteiger partial charge on any atom is 0.222 e. The Balaban J connectivity index is 1.37. The lowest BCUT2D eigenvalue weighted by atomic mass is 9.93. The third-order valence-electron chi connectivity index (χ3n) is 5.39. The molecule has 9 heteroatoms. The first-order valence-electron chi connectivity index (χ1n) is 10.1. The van der Waals surface area contributed by atoms with Crippen LogP contribution in [0.1, 0.15) is 54.4 Å². The summed E-state index contributed by atoms with van der Waals surface area (Å²) in [5.74, 6) is 1.10. The number of aromatic nitrogens is 5. The van der Waals surface area contributed by atoms with Crippen LogP contribution >= 0.6 is 11.5 Å². The van der Waals surface area contributed by atoms with Crippen molar-refractivity contribution in [3.8, 4) is 10.6 Å². The Morgan fingerprint density at radius 2 is 2.14 bits per heavy atom. The standard InChI is InChI=1S/C20H26N6O2S/c1-13-10-15(3)26(22-13)9-5-7-18(27)25-8-4-6-16(12-25)19-20(29-24-21-19)17-11-14(2)23-28-17/h10-11,16H,4-9,12H2,1-3H3. The zero-order valence-electron chi connectivity index (χ0n) is 17.1. The predicted octanol–water partition coefficient (Wildman–Crippen LogP) is 3.50. The van der Waals surface area contributed by atoms with E-state index in [-0.39, 0.29) is 11.8 Å². The van der Waals surface area contributed by atoms with Crippen LogP contribution in [-0.4, -0.2) is 48.4 Å². The molecule has 4 heterocycles. The molecule has 1 aliphatic rings. The van der Waals surface area contributed by atoms with Crippen LogP contribution in [-0.2, 0) is 11.3 Å². The van der Waals surface area contributed by atoms with Crippen LogP contribution in [0.15, 0.2) is 16.7 Å². The van der Waals surface area contributed by atoms with Crippen molar-refractivity contribution < 1.29 is 9.32 Å². The van der Waals surface area contributed by atoms with Crippen LogP contribution in [0.25, 0.3) is 10.6 Å². The molecule has 1 amide bonds. The molecule has 0 radical (unpaired) electrons. The summed E-state index contributed by atoms with van der Waals surface area (Å²) in [6, 6.07) is 3.97. The number of carbonyl (C=O) groups is 1. The fourth-order valence-electron chi connectivity index (χ4n) is 3.97. The molecule has 0 N–H and O–H groups in total. The molecule has 1 aliphatic heterocycles. The minimum absolute atomic E-state index is 0.183. The van der Waals surface area contributed by atoms with Crippen LogP contribution in [0.2, 0.25) is 0 Å². The number of nitrogens with zero attached hydrogens (tertiary/aromatic N) is 6. The Morgan fingerprint density at radius 3 is 2.86 bits per heavy atom. The predicted molar refractivity (Wildman–Crippen MR) is 110 cm³/mol. The van der Waals surface area contributed by atoms with E-state index in [1.54, 1.807) is 0 Å². The second-order valence-corrected chi connectivity index (χ2v) is 8.51. The summed E-state index contributed by atoms with van der Waals surface area (Å²) in [5, 5.41) is 12.8. The monoisotopic (exact) mass is 414 g/mol. The number of hydrogen-bond acceptors (Lipinski definition) is 7. The molecular weight excluding hydrogens is 388 g/mol. The largest absolute Gasteiger partial charge is 0.355 e. The maximum atomic E-state index is 12.8. The molecule has 0 saturated carbocycles. The van der Waals surface area contributed by atoms with E-state index >= 15 is 0 Å². The van der Waals surface area contributed by atoms with Crippen molar-refractivity contribution in [2.24, 2.45) is 0 Å². The first-order valence-corrected chi connectivity index (χ1v) is 10.8. The number of likely N-dealkylation sites (tertiary alicyclic amines) is 1. The number of piperidine rings is 1. The summed E-state index contributed by atoms with van der Waals surface area (Å²) in [6.07, 6.45) is 3.30. The van der Waals surface area contributed by atoms with Gasteiger partial charge < -0.3 is 9.42 Å². The minimum atomic E-state index is 0.183. The third kappa shape index (κ3) is 4.39. The van der Waals surface area contributed by atoms with E-state index in [9.17, 15) is 4.79 Å². The van der Waals surface area contributed by atoms with Gasteiger partial charge in [-0.2, -0.15) is 5.10 Å². The summed E-state index contributed by atoms with van der Waals surface area (Å²) in [7, 11) is 0. The van der Waals surface area contributed by atoms with Gasteiger partial charge in [-0.1, -0.05) is 9.64 Å². The van der Waals surface area contributed by atoms with Crippen LogP contribution in [0.3, 0.4) is 0 Å². The highest BCUT2D eigenvalue weighted by atomic mass is 32.1. The van der Waals surface area contributed by atoms with E-state index in [1.807, 2.05) is 36.4 Å². The Bertz CT molecular complexity index is 991. The Labute approximate surface area is 174 Å². The molecule has 0 bridgehead atoms. The molecule has 1 fully saturated rings. The highest BCUT2D eigenvalue weighted by Crippen LogP contribution is 2.35. The highest BCUT2D eigenvalue weighted by molar-refractivity contribution is 7.09. The molecule has 3 aromatic heterocycles. The summed E-state index contributed by atoms with van der Waals surface area (Å²) >= 11 is 1.33. The second-order valence-electron chi connectivity index (χ2n) is 7.75. The molecule has 0 spiro atoms. The van der Waals surface area contributed by atoms with Gasteiger partial charge in [0.05, 0.1) is 17.1 Å². The van der Waals surface area contributed by atoms with Crippen molar-refractivity contribution >= 4 is 17.4 Å². The van der Waals surface area contributed by atoms with Crippen molar-refractivity contribution in [1.29, 1.82) is 0 Å². The highest BCUT2D eigenvalue weighted by Gasteiger charge is 2.29. The van der Waals surface area contributed by atoms with Crippen molar-refractivity contribution in [1.82, 2.24) is 29.4 Å². The fraction of sp³-hybridized carbons (Fsp3) is 0.550. The zero-order chi connectivity index (χ0) is 20.4. The van der Waals surface area contributed by atoms with Gasteiger partial charge in [-0.15, -0.1) is 5.10 Å². The SMILES string of the molecule is Cc1cc(-c2snnc2C2CCCN(C(=O)CCCn3nc(C)cc3C)C2)on1. The van der Waals surface area contributed by atoms with Gasteiger partial charge in [-0.05, 0) is 57.6 Å². The van der Waals surface area contributed by atoms with Gasteiger partial charge >= 0.3 is 0 Å². The number of aryl methyl sites for hydroxylation is 4. The van der Waals surface area contributed by atoms with Gasteiger partial charge in [-0.25, -0.2) is 0 Å². The summed E-state index contributed by atoms with van der Waals surface area (Å²) in [6.45, 7) is 8.20. The Morgan fingerprint density at radius 1 is 1.28 bits per heavy atom. The summed E-state index contributed by atoms with van der Waals surface area (Å²) in [5.41, 5.74) is 3.91. The van der Waals surface area contributed by atoms with Gasteiger partial charge in [0.2, 0.25) is 5.91 Å². The first kappa shape index (κ1) is 19.8. The van der Waals surface area contributed by atoms with Gasteiger partial charge in [-0.3, -0.25) is 9.48 Å². The van der Waals surface area contributed by atoms with Crippen LogP contribution in [0.5, 0.6) is 0 Å². The molecule has 154 valence electrons. The van der Waals surface area contributed by atoms with Crippen molar-refractivity contribution in [2.45, 2.75) is 58.9 Å². The van der Waals surface area contributed by atoms with Gasteiger partial charge in [0.25, 0.3) is 0 Å². The summed E-state index contributed by atoms with van der Waals surface area (Å²) in [4.78, 5) is 15.7. The average Bonchev–Trinajstić information content (AvgIpc) is 3.42. The number of carbonyl (C=O) groups excluding carboxylic acids is 1. The molecule has 29 heavy (non-hydrogen) atoms. The van der Waals surface area contributed by atoms with Crippen LogP contribution in [0, 0.1) is 20.8 Å². The zero-order valence-corrected chi connectivity index (χ0v) is 17.9. The summed E-state index contributed by atoms with van der Waals surface area (Å²) < 4.78 is 11.5. The molecule has 4 rings (SSSR count). The number of rotatable bonds is 6. The maximum absolute atomic E-state index is 12.8. The Kier molecular flexibility index (Phi) is 5.75. The third-order valence-corrected chi connectivity index (χ3v) is 6.15. The lowest BCUT2D eigenvalue weighted by molar-refractivity contribution is -0.132. The molecule has 1 saturated heterocycles. The molecule has 8 nitrogen and oxygen atoms in total. The van der Waals surface area contributed by atoms with E-state index in [0.29, 0.717) is 18.7 Å². The van der Waals surface area contributed by atoms with Crippen molar-refractivity contribution in [3.63, 3.8) is 0 Å². The van der Waals surface area contributed by atoms with E-state index in [4.69, 9.17) is 4.52 Å². The van der Waals surface area contributed by atoms with E-state index in [1.165, 1.54) is 11.5 Å². The van der Waals surface area contributed by atoms with E-state index in [0.717, 1.165) is 60.0 Å². The quantitative estimate of drug-likeness (QED) is 0.613. The van der Waals surface area contributed by atoms with E-state index in [2.05, 4.69) is 25.9 Å². The van der Waals surface area contributed by atoms with Gasteiger partial charge in [0.15, 0.2) is 5.76 Å². The normalized spacial score (nSPS) is 17.1. The smallest absolute Gasteiger partial charge is 0.222 e. The second kappa shape index (κ2) is 8.44. The lowest BCUT2D eigenvalue weighted by Crippen LogP contribution is -2.39.